The first-order valence-electron chi connectivity index (χ1n) is 5.61. The third kappa shape index (κ3) is 2.59. The molecule has 0 aliphatic rings. The van der Waals surface area contributed by atoms with Gasteiger partial charge in [0.2, 0.25) is 0 Å². The van der Waals surface area contributed by atoms with E-state index in [2.05, 4.69) is 11.0 Å². The minimum Gasteiger partial charge on any atom is -0.508 e. The summed E-state index contributed by atoms with van der Waals surface area (Å²) in [5, 5.41) is 9.78. The molecule has 0 atom stereocenters. The van der Waals surface area contributed by atoms with Crippen molar-refractivity contribution < 1.29 is 5.11 Å². The highest BCUT2D eigenvalue weighted by Crippen LogP contribution is 2.25. The summed E-state index contributed by atoms with van der Waals surface area (Å²) in [4.78, 5) is 2.06. The van der Waals surface area contributed by atoms with Gasteiger partial charge in [-0.3, -0.25) is 0 Å². The van der Waals surface area contributed by atoms with Crippen LogP contribution >= 0.6 is 0 Å². The van der Waals surface area contributed by atoms with Crippen LogP contribution in [0.3, 0.4) is 0 Å². The van der Waals surface area contributed by atoms with Gasteiger partial charge in [0.15, 0.2) is 0 Å². The molecular formula is C15H16NO. The molecule has 0 heterocycles. The lowest BCUT2D eigenvalue weighted by Gasteiger charge is -2.17. The Labute approximate surface area is 102 Å². The summed E-state index contributed by atoms with van der Waals surface area (Å²) < 4.78 is 0. The van der Waals surface area contributed by atoms with Gasteiger partial charge in [-0.2, -0.15) is 0 Å². The number of phenolic OH excluding ortho intramolecular Hbond substituents is 1. The van der Waals surface area contributed by atoms with E-state index in [1.165, 1.54) is 5.56 Å². The van der Waals surface area contributed by atoms with Gasteiger partial charge in [-0.15, -0.1) is 0 Å². The Balaban J connectivity index is 2.34. The second kappa shape index (κ2) is 4.91. The number of anilines is 1. The summed E-state index contributed by atoms with van der Waals surface area (Å²) in [7, 11) is 4.02. The maximum atomic E-state index is 9.78. The van der Waals surface area contributed by atoms with E-state index >= 15 is 0 Å². The Kier molecular flexibility index (Phi) is 3.33. The Bertz CT molecular complexity index is 506. The molecule has 0 amide bonds. The predicted octanol–water partition coefficient (Wildman–Crippen LogP) is 2.85. The van der Waals surface area contributed by atoms with E-state index in [1.807, 2.05) is 50.5 Å². The largest absolute Gasteiger partial charge is 0.508 e. The molecule has 0 aromatic heterocycles. The number of aromatic hydroxyl groups is 1. The van der Waals surface area contributed by atoms with Crippen LogP contribution in [0.4, 0.5) is 5.69 Å². The lowest BCUT2D eigenvalue weighted by molar-refractivity contribution is 0.469. The first kappa shape index (κ1) is 11.5. The molecule has 0 unspecified atom stereocenters. The van der Waals surface area contributed by atoms with Crippen molar-refractivity contribution in [3.63, 3.8) is 0 Å². The molecule has 0 bridgehead atoms. The Morgan fingerprint density at radius 1 is 1.12 bits per heavy atom. The van der Waals surface area contributed by atoms with Gasteiger partial charge in [0, 0.05) is 26.2 Å². The van der Waals surface area contributed by atoms with Crippen LogP contribution in [-0.2, 0) is 6.42 Å². The topological polar surface area (TPSA) is 23.5 Å². The van der Waals surface area contributed by atoms with Gasteiger partial charge in [0.05, 0.1) is 0 Å². The standard InChI is InChI=1S/C15H16NO/c1-16(2)14-9-5-3-7-12(14)11-13-8-4-6-10-15(13)17/h3-4,6-10,17H,11H2,1-2H3. The summed E-state index contributed by atoms with van der Waals surface area (Å²) in [5.74, 6) is 0.352. The molecule has 2 rings (SSSR count). The zero-order valence-electron chi connectivity index (χ0n) is 10.1. The van der Waals surface area contributed by atoms with E-state index < -0.39 is 0 Å². The molecule has 1 N–H and O–H groups in total. The van der Waals surface area contributed by atoms with Crippen LogP contribution in [0.5, 0.6) is 5.75 Å². The van der Waals surface area contributed by atoms with E-state index in [1.54, 1.807) is 6.07 Å². The van der Waals surface area contributed by atoms with Crippen LogP contribution in [0.1, 0.15) is 11.1 Å². The van der Waals surface area contributed by atoms with Gasteiger partial charge in [-0.05, 0) is 29.3 Å². The van der Waals surface area contributed by atoms with Crippen molar-refractivity contribution in [2.24, 2.45) is 0 Å². The summed E-state index contributed by atoms with van der Waals surface area (Å²) in [6.45, 7) is 0. The molecule has 1 radical (unpaired) electrons. The lowest BCUT2D eigenvalue weighted by atomic mass is 10.0. The van der Waals surface area contributed by atoms with E-state index in [0.29, 0.717) is 5.75 Å². The summed E-state index contributed by atoms with van der Waals surface area (Å²) in [6, 6.07) is 16.4. The van der Waals surface area contributed by atoms with Crippen LogP contribution < -0.4 is 4.90 Å². The fraction of sp³-hybridized carbons (Fsp3) is 0.200. The zero-order valence-corrected chi connectivity index (χ0v) is 10.1. The normalized spacial score (nSPS) is 10.2. The molecule has 0 spiro atoms. The quantitative estimate of drug-likeness (QED) is 0.870. The SMILES string of the molecule is CN(C)c1c[c]ccc1Cc1ccccc1O. The molecule has 0 aliphatic carbocycles. The third-order valence-corrected chi connectivity index (χ3v) is 2.78. The van der Waals surface area contributed by atoms with E-state index in [-0.39, 0.29) is 0 Å². The van der Waals surface area contributed by atoms with Crippen molar-refractivity contribution in [2.45, 2.75) is 6.42 Å². The van der Waals surface area contributed by atoms with E-state index in [4.69, 9.17) is 0 Å². The number of nitrogens with zero attached hydrogens (tertiary/aromatic N) is 1. The molecule has 2 aromatic carbocycles. The lowest BCUT2D eigenvalue weighted by Crippen LogP contribution is -2.11. The average molecular weight is 226 g/mol. The minimum absolute atomic E-state index is 0.352. The van der Waals surface area contributed by atoms with Gasteiger partial charge in [-0.1, -0.05) is 30.3 Å². The number of hydrogen-bond donors (Lipinski definition) is 1. The molecule has 2 nitrogen and oxygen atoms in total. The maximum absolute atomic E-state index is 9.78. The average Bonchev–Trinajstić information content (AvgIpc) is 2.32. The molecule has 87 valence electrons. The van der Waals surface area contributed by atoms with Gasteiger partial charge < -0.3 is 10.0 Å². The molecule has 0 saturated heterocycles. The summed E-state index contributed by atoms with van der Waals surface area (Å²) in [6.07, 6.45) is 0.731. The van der Waals surface area contributed by atoms with Crippen molar-refractivity contribution in [1.29, 1.82) is 0 Å². The van der Waals surface area contributed by atoms with Crippen molar-refractivity contribution >= 4 is 5.69 Å². The fourth-order valence-corrected chi connectivity index (χ4v) is 1.89. The van der Waals surface area contributed by atoms with Crippen molar-refractivity contribution in [1.82, 2.24) is 0 Å². The summed E-state index contributed by atoms with van der Waals surface area (Å²) in [5.41, 5.74) is 3.27. The Morgan fingerprint density at radius 2 is 1.88 bits per heavy atom. The van der Waals surface area contributed by atoms with Crippen molar-refractivity contribution in [3.8, 4) is 5.75 Å². The second-order valence-electron chi connectivity index (χ2n) is 4.25. The zero-order chi connectivity index (χ0) is 12.3. The van der Waals surface area contributed by atoms with Crippen LogP contribution in [0.25, 0.3) is 0 Å². The first-order valence-corrected chi connectivity index (χ1v) is 5.61. The second-order valence-corrected chi connectivity index (χ2v) is 4.25. The highest BCUT2D eigenvalue weighted by atomic mass is 16.3. The third-order valence-electron chi connectivity index (χ3n) is 2.78. The van der Waals surface area contributed by atoms with Gasteiger partial charge in [-0.25, -0.2) is 0 Å². The summed E-state index contributed by atoms with van der Waals surface area (Å²) >= 11 is 0. The smallest absolute Gasteiger partial charge is 0.119 e. The van der Waals surface area contributed by atoms with E-state index in [9.17, 15) is 5.11 Å². The van der Waals surface area contributed by atoms with Gasteiger partial charge in [0.1, 0.15) is 5.75 Å². The first-order chi connectivity index (χ1) is 8.18. The maximum Gasteiger partial charge on any atom is 0.119 e. The van der Waals surface area contributed by atoms with Crippen LogP contribution in [0.2, 0.25) is 0 Å². The number of benzene rings is 2. The molecule has 0 aliphatic heterocycles. The molecule has 2 heteroatoms. The number of para-hydroxylation sites is 1. The van der Waals surface area contributed by atoms with Gasteiger partial charge in [0.25, 0.3) is 0 Å². The van der Waals surface area contributed by atoms with Crippen molar-refractivity contribution in [3.05, 3.63) is 59.7 Å². The monoisotopic (exact) mass is 226 g/mol. The minimum atomic E-state index is 0.352. The molecule has 0 saturated carbocycles. The molecule has 2 aromatic rings. The van der Waals surface area contributed by atoms with Crippen LogP contribution in [0.15, 0.2) is 42.5 Å². The van der Waals surface area contributed by atoms with E-state index in [0.717, 1.165) is 17.7 Å². The fourth-order valence-electron chi connectivity index (χ4n) is 1.89. The molecule has 17 heavy (non-hydrogen) atoms. The van der Waals surface area contributed by atoms with Gasteiger partial charge >= 0.3 is 0 Å². The van der Waals surface area contributed by atoms with Crippen LogP contribution in [-0.4, -0.2) is 19.2 Å². The Morgan fingerprint density at radius 3 is 2.59 bits per heavy atom. The molecule has 0 fully saturated rings. The number of hydrogen-bond acceptors (Lipinski definition) is 2. The predicted molar refractivity (Wildman–Crippen MR) is 70.5 cm³/mol. The number of phenols is 1. The number of rotatable bonds is 3. The highest BCUT2D eigenvalue weighted by molar-refractivity contribution is 5.54. The van der Waals surface area contributed by atoms with Crippen LogP contribution in [0, 0.1) is 6.07 Å². The molecular weight excluding hydrogens is 210 g/mol. The van der Waals surface area contributed by atoms with Crippen molar-refractivity contribution in [2.75, 3.05) is 19.0 Å². The Hall–Kier alpha value is -1.96. The highest BCUT2D eigenvalue weighted by Gasteiger charge is 2.06.